The zero-order valence-electron chi connectivity index (χ0n) is 20.1. The van der Waals surface area contributed by atoms with Gasteiger partial charge in [-0.3, -0.25) is 9.97 Å². The fraction of sp³-hybridized carbons (Fsp3) is 0.444. The topological polar surface area (TPSA) is 67.4 Å². The predicted molar refractivity (Wildman–Crippen MR) is 145 cm³/mol. The third-order valence-corrected chi connectivity index (χ3v) is 8.86. The molecule has 3 heterocycles. The Bertz CT molecular complexity index is 1170. The van der Waals surface area contributed by atoms with Crippen LogP contribution < -0.4 is 5.32 Å². The van der Waals surface area contributed by atoms with Crippen molar-refractivity contribution in [3.63, 3.8) is 0 Å². The van der Waals surface area contributed by atoms with Gasteiger partial charge in [-0.05, 0) is 67.4 Å². The molecule has 2 aliphatic rings. The van der Waals surface area contributed by atoms with Crippen LogP contribution in [0.1, 0.15) is 30.5 Å². The number of cyclic esters (lactones) is 1. The van der Waals surface area contributed by atoms with Gasteiger partial charge in [-0.25, -0.2) is 4.79 Å². The van der Waals surface area contributed by atoms with Gasteiger partial charge in [-0.1, -0.05) is 18.2 Å². The van der Waals surface area contributed by atoms with E-state index >= 15 is 0 Å². The molecule has 35 heavy (non-hydrogen) atoms. The molecular weight excluding hydrogens is 476 g/mol. The fourth-order valence-electron chi connectivity index (χ4n) is 4.23. The Morgan fingerprint density at radius 3 is 2.94 bits per heavy atom. The zero-order chi connectivity index (χ0) is 24.0. The Morgan fingerprint density at radius 1 is 1.17 bits per heavy atom. The Labute approximate surface area is 215 Å². The third kappa shape index (κ3) is 6.61. The first-order valence-corrected chi connectivity index (χ1v) is 14.5. The normalized spacial score (nSPS) is 17.7. The van der Waals surface area contributed by atoms with E-state index in [0.29, 0.717) is 6.54 Å². The maximum Gasteiger partial charge on any atom is 0.410 e. The van der Waals surface area contributed by atoms with Crippen LogP contribution in [-0.4, -0.2) is 57.4 Å². The molecule has 0 bridgehead atoms. The van der Waals surface area contributed by atoms with Crippen molar-refractivity contribution in [2.75, 3.05) is 35.7 Å². The van der Waals surface area contributed by atoms with Crippen LogP contribution in [0.5, 0.6) is 0 Å². The van der Waals surface area contributed by atoms with Gasteiger partial charge in [0.05, 0.1) is 36.2 Å². The van der Waals surface area contributed by atoms with Crippen LogP contribution in [-0.2, 0) is 11.3 Å². The number of para-hydroxylation sites is 1. The summed E-state index contributed by atoms with van der Waals surface area (Å²) in [4.78, 5) is 24.3. The molecule has 1 saturated heterocycles. The molecule has 1 aliphatic carbocycles. The number of thioether (sulfide) groups is 2. The Hall–Kier alpha value is -2.45. The molecule has 5 rings (SSSR count). The fourth-order valence-corrected chi connectivity index (χ4v) is 6.36. The summed E-state index contributed by atoms with van der Waals surface area (Å²) in [5.41, 5.74) is 4.31. The van der Waals surface area contributed by atoms with E-state index in [1.807, 2.05) is 59.0 Å². The molecule has 1 amide bonds. The van der Waals surface area contributed by atoms with Crippen molar-refractivity contribution in [3.05, 3.63) is 60.0 Å². The molecule has 3 aromatic rings. The zero-order valence-corrected chi connectivity index (χ0v) is 21.7. The largest absolute Gasteiger partial charge is 0.443 e. The first kappa shape index (κ1) is 24.3. The summed E-state index contributed by atoms with van der Waals surface area (Å²) in [6, 6.07) is 12.4. The van der Waals surface area contributed by atoms with E-state index in [9.17, 15) is 4.79 Å². The highest BCUT2D eigenvalue weighted by atomic mass is 32.2. The lowest BCUT2D eigenvalue weighted by Crippen LogP contribution is -2.27. The summed E-state index contributed by atoms with van der Waals surface area (Å²) < 4.78 is 5.53. The van der Waals surface area contributed by atoms with Crippen molar-refractivity contribution in [1.29, 1.82) is 0 Å². The third-order valence-electron chi connectivity index (χ3n) is 6.43. The number of nitrogens with zero attached hydrogens (tertiary/aromatic N) is 3. The molecule has 0 radical (unpaired) electrons. The molecule has 1 N–H and O–H groups in total. The number of fused-ring (bicyclic) bond motifs is 1. The van der Waals surface area contributed by atoms with Crippen LogP contribution in [0.15, 0.2) is 53.7 Å². The number of anilines is 1. The summed E-state index contributed by atoms with van der Waals surface area (Å²) in [7, 11) is 0. The number of rotatable bonds is 12. The molecule has 2 fully saturated rings. The highest BCUT2D eigenvalue weighted by Crippen LogP contribution is 2.31. The van der Waals surface area contributed by atoms with Gasteiger partial charge in [0.25, 0.3) is 0 Å². The minimum atomic E-state index is -0.117. The Balaban J connectivity index is 1.03. The van der Waals surface area contributed by atoms with E-state index in [0.717, 1.165) is 65.0 Å². The first-order chi connectivity index (χ1) is 17.2. The van der Waals surface area contributed by atoms with Crippen molar-refractivity contribution in [1.82, 2.24) is 14.9 Å². The Morgan fingerprint density at radius 2 is 2.06 bits per heavy atom. The number of amides is 1. The second kappa shape index (κ2) is 11.5. The van der Waals surface area contributed by atoms with Crippen molar-refractivity contribution >= 4 is 46.2 Å². The van der Waals surface area contributed by atoms with Gasteiger partial charge in [0.2, 0.25) is 0 Å². The molecule has 1 unspecified atom stereocenters. The summed E-state index contributed by atoms with van der Waals surface area (Å²) in [5.74, 6) is 3.76. The van der Waals surface area contributed by atoms with Crippen LogP contribution in [0.4, 0.5) is 10.5 Å². The lowest BCUT2D eigenvalue weighted by Gasteiger charge is -2.12. The SMILES string of the molecule is Cc1c(SCCCSCC2CN(CC3CC3)C(=O)O2)ccnc1CNc1cnc2ccccc2c1. The monoisotopic (exact) mass is 508 g/mol. The van der Waals surface area contributed by atoms with E-state index < -0.39 is 0 Å². The lowest BCUT2D eigenvalue weighted by atomic mass is 10.2. The van der Waals surface area contributed by atoms with E-state index in [1.165, 1.54) is 23.3 Å². The second-order valence-electron chi connectivity index (χ2n) is 9.28. The number of carbonyl (C=O) groups is 1. The summed E-state index contributed by atoms with van der Waals surface area (Å²) >= 11 is 3.79. The number of aromatic nitrogens is 2. The molecule has 0 spiro atoms. The second-order valence-corrected chi connectivity index (χ2v) is 11.6. The molecule has 6 nitrogen and oxygen atoms in total. The number of pyridine rings is 2. The van der Waals surface area contributed by atoms with E-state index in [2.05, 4.69) is 40.4 Å². The molecule has 184 valence electrons. The smallest absolute Gasteiger partial charge is 0.410 e. The highest BCUT2D eigenvalue weighted by molar-refractivity contribution is 8.00. The number of nitrogens with one attached hydrogen (secondary N) is 1. The van der Waals surface area contributed by atoms with Crippen LogP contribution in [0.25, 0.3) is 10.9 Å². The lowest BCUT2D eigenvalue weighted by molar-refractivity contribution is 0.139. The van der Waals surface area contributed by atoms with Crippen LogP contribution in [0, 0.1) is 12.8 Å². The van der Waals surface area contributed by atoms with Crippen molar-refractivity contribution < 1.29 is 9.53 Å². The van der Waals surface area contributed by atoms with Crippen LogP contribution in [0.3, 0.4) is 0 Å². The summed E-state index contributed by atoms with van der Waals surface area (Å²) in [6.45, 7) is 4.48. The van der Waals surface area contributed by atoms with Gasteiger partial charge in [0, 0.05) is 28.8 Å². The molecule has 1 saturated carbocycles. The standard InChI is InChI=1S/C27H32N4O2S2/c1-19-25(15-29-22-13-21-5-2-3-6-24(21)30-14-22)28-10-9-26(19)35-12-4-11-34-18-23-17-31(27(32)33-23)16-20-7-8-20/h2-3,5-6,9-10,13-14,20,23,29H,4,7-8,11-12,15-18H2,1H3. The van der Waals surface area contributed by atoms with Crippen molar-refractivity contribution in [2.45, 2.75) is 43.7 Å². The summed E-state index contributed by atoms with van der Waals surface area (Å²) in [6.07, 6.45) is 7.37. The molecule has 8 heteroatoms. The van der Waals surface area contributed by atoms with Gasteiger partial charge in [0.15, 0.2) is 0 Å². The van der Waals surface area contributed by atoms with Crippen molar-refractivity contribution in [2.24, 2.45) is 5.92 Å². The van der Waals surface area contributed by atoms with Crippen molar-refractivity contribution in [3.8, 4) is 0 Å². The summed E-state index contributed by atoms with van der Waals surface area (Å²) in [5, 5.41) is 4.61. The molecule has 1 atom stereocenters. The van der Waals surface area contributed by atoms with Gasteiger partial charge < -0.3 is 15.0 Å². The van der Waals surface area contributed by atoms with Crippen LogP contribution in [0.2, 0.25) is 0 Å². The molecular formula is C27H32N4O2S2. The van der Waals surface area contributed by atoms with E-state index in [4.69, 9.17) is 4.74 Å². The average Bonchev–Trinajstić information content (AvgIpc) is 3.62. The Kier molecular flexibility index (Phi) is 7.99. The minimum Gasteiger partial charge on any atom is -0.443 e. The number of carbonyl (C=O) groups excluding carboxylic acids is 1. The number of benzene rings is 1. The van der Waals surface area contributed by atoms with Gasteiger partial charge in [-0.2, -0.15) is 11.8 Å². The average molecular weight is 509 g/mol. The first-order valence-electron chi connectivity index (χ1n) is 12.3. The van der Waals surface area contributed by atoms with Gasteiger partial charge >= 0.3 is 6.09 Å². The minimum absolute atomic E-state index is 0.0502. The molecule has 2 aromatic heterocycles. The quantitative estimate of drug-likeness (QED) is 0.238. The van der Waals surface area contributed by atoms with E-state index in [1.54, 1.807) is 0 Å². The molecule has 1 aliphatic heterocycles. The van der Waals surface area contributed by atoms with Gasteiger partial charge in [0.1, 0.15) is 6.10 Å². The van der Waals surface area contributed by atoms with Gasteiger partial charge in [-0.15, -0.1) is 11.8 Å². The number of hydrogen-bond donors (Lipinski definition) is 1. The highest BCUT2D eigenvalue weighted by Gasteiger charge is 2.35. The number of ether oxygens (including phenoxy) is 1. The predicted octanol–water partition coefficient (Wildman–Crippen LogP) is 6.00. The maximum atomic E-state index is 12.0. The molecule has 1 aromatic carbocycles. The van der Waals surface area contributed by atoms with E-state index in [-0.39, 0.29) is 12.2 Å². The maximum absolute atomic E-state index is 12.0. The number of hydrogen-bond acceptors (Lipinski definition) is 7. The van der Waals surface area contributed by atoms with Crippen LogP contribution >= 0.6 is 23.5 Å².